The van der Waals surface area contributed by atoms with Gasteiger partial charge in [-0.15, -0.1) is 17.9 Å². The van der Waals surface area contributed by atoms with Gasteiger partial charge in [0.15, 0.2) is 0 Å². The topological polar surface area (TPSA) is 49.9 Å². The Morgan fingerprint density at radius 2 is 1.70 bits per heavy atom. The van der Waals surface area contributed by atoms with Crippen LogP contribution < -0.4 is 4.74 Å². The number of carbonyl (C=O) groups excluding carboxylic acids is 2. The molecule has 0 saturated carbocycles. The molecule has 0 aliphatic heterocycles. The molecule has 0 unspecified atom stereocenters. The molecule has 1 heterocycles. The Morgan fingerprint density at radius 1 is 1.00 bits per heavy atom. The minimum Gasteiger partial charge on any atom is -0.497 e. The molecular weight excluding hydrogens is 439 g/mol. The van der Waals surface area contributed by atoms with Gasteiger partial charge in [0.1, 0.15) is 18.1 Å². The average molecular weight is 467 g/mol. The number of carbonyl (C=O) groups is 2. The number of thiophene rings is 1. The minimum atomic E-state index is -0.326. The molecule has 0 bridgehead atoms. The molecule has 0 spiro atoms. The molecule has 1 aromatic heterocycles. The van der Waals surface area contributed by atoms with Gasteiger partial charge < -0.3 is 14.5 Å². The summed E-state index contributed by atoms with van der Waals surface area (Å²) in [4.78, 5) is 31.8. The third kappa shape index (κ3) is 6.76. The van der Waals surface area contributed by atoms with Gasteiger partial charge >= 0.3 is 0 Å². The van der Waals surface area contributed by atoms with Crippen molar-refractivity contribution in [3.05, 3.63) is 100 Å². The van der Waals surface area contributed by atoms with Gasteiger partial charge in [-0.3, -0.25) is 9.59 Å². The lowest BCUT2D eigenvalue weighted by atomic mass is 10.1. The molecule has 0 fully saturated rings. The second-order valence-corrected chi connectivity index (χ2v) is 8.96. The minimum absolute atomic E-state index is 0.0948. The van der Waals surface area contributed by atoms with Crippen molar-refractivity contribution in [2.45, 2.75) is 20.0 Å². The van der Waals surface area contributed by atoms with Gasteiger partial charge in [-0.05, 0) is 61.0 Å². The van der Waals surface area contributed by atoms with Crippen molar-refractivity contribution in [1.82, 2.24) is 9.80 Å². The predicted octanol–water partition coefficient (Wildman–Crippen LogP) is 5.06. The molecule has 5 nitrogen and oxygen atoms in total. The molecule has 3 aromatic rings. The zero-order chi connectivity index (χ0) is 23.8. The lowest BCUT2D eigenvalue weighted by Crippen LogP contribution is -2.42. The number of benzene rings is 2. The Balaban J connectivity index is 1.79. The van der Waals surface area contributed by atoms with Crippen molar-refractivity contribution in [1.29, 1.82) is 0 Å². The third-order valence-corrected chi connectivity index (χ3v) is 6.07. The van der Waals surface area contributed by atoms with E-state index in [-0.39, 0.29) is 30.7 Å². The van der Waals surface area contributed by atoms with Crippen LogP contribution in [-0.4, -0.2) is 41.8 Å². The monoisotopic (exact) mass is 466 g/mol. The first-order valence-corrected chi connectivity index (χ1v) is 11.3. The zero-order valence-corrected chi connectivity index (χ0v) is 19.6. The third-order valence-electron chi connectivity index (χ3n) is 5.08. The first-order valence-electron chi connectivity index (χ1n) is 10.5. The van der Waals surface area contributed by atoms with Crippen molar-refractivity contribution < 1.29 is 18.7 Å². The molecule has 2 aromatic carbocycles. The second kappa shape index (κ2) is 11.4. The van der Waals surface area contributed by atoms with Crippen LogP contribution >= 0.6 is 11.3 Å². The summed E-state index contributed by atoms with van der Waals surface area (Å²) in [6, 6.07) is 16.9. The SMILES string of the molecule is C=CCN(CC(=O)N(Cc1ccc(F)cc1)Cc1ccc(C)s1)C(=O)c1ccc(OC)cc1. The molecule has 0 aliphatic rings. The van der Waals surface area contributed by atoms with Crippen LogP contribution in [0.3, 0.4) is 0 Å². The van der Waals surface area contributed by atoms with Crippen LogP contribution in [0.2, 0.25) is 0 Å². The summed E-state index contributed by atoms with van der Waals surface area (Å²) >= 11 is 1.62. The molecule has 33 heavy (non-hydrogen) atoms. The number of aryl methyl sites for hydroxylation is 1. The molecule has 7 heteroatoms. The first kappa shape index (κ1) is 24.2. The summed E-state index contributed by atoms with van der Waals surface area (Å²) in [6.45, 7) is 6.61. The fraction of sp³-hybridized carbons (Fsp3) is 0.231. The predicted molar refractivity (Wildman–Crippen MR) is 129 cm³/mol. The lowest BCUT2D eigenvalue weighted by Gasteiger charge is -2.27. The van der Waals surface area contributed by atoms with Crippen LogP contribution in [0, 0.1) is 12.7 Å². The van der Waals surface area contributed by atoms with Gasteiger partial charge in [-0.1, -0.05) is 18.2 Å². The summed E-state index contributed by atoms with van der Waals surface area (Å²) in [5, 5.41) is 0. The van der Waals surface area contributed by atoms with E-state index in [1.165, 1.54) is 17.0 Å². The molecule has 0 atom stereocenters. The Bertz CT molecular complexity index is 1090. The molecule has 0 radical (unpaired) electrons. The number of ether oxygens (including phenoxy) is 1. The van der Waals surface area contributed by atoms with Gasteiger partial charge in [-0.2, -0.15) is 0 Å². The smallest absolute Gasteiger partial charge is 0.254 e. The van der Waals surface area contributed by atoms with Crippen molar-refractivity contribution in [3.8, 4) is 5.75 Å². The number of amides is 2. The Morgan fingerprint density at radius 3 is 2.27 bits per heavy atom. The van der Waals surface area contributed by atoms with Crippen LogP contribution in [0.4, 0.5) is 4.39 Å². The van der Waals surface area contributed by atoms with Crippen LogP contribution in [0.25, 0.3) is 0 Å². The summed E-state index contributed by atoms with van der Waals surface area (Å²) in [5.74, 6) is -0.143. The van der Waals surface area contributed by atoms with Crippen LogP contribution in [0.15, 0.2) is 73.3 Å². The van der Waals surface area contributed by atoms with E-state index < -0.39 is 0 Å². The van der Waals surface area contributed by atoms with E-state index in [9.17, 15) is 14.0 Å². The highest BCUT2D eigenvalue weighted by Gasteiger charge is 2.22. The maximum atomic E-state index is 13.4. The molecule has 0 saturated heterocycles. The largest absolute Gasteiger partial charge is 0.497 e. The Hall–Kier alpha value is -3.45. The highest BCUT2D eigenvalue weighted by atomic mass is 32.1. The van der Waals surface area contributed by atoms with Gasteiger partial charge in [0.25, 0.3) is 5.91 Å². The van der Waals surface area contributed by atoms with E-state index >= 15 is 0 Å². The standard InChI is InChI=1S/C26H27FN2O3S/c1-4-15-28(26(31)21-8-12-23(32-3)13-9-21)18-25(30)29(17-24-14-5-19(2)33-24)16-20-6-10-22(27)11-7-20/h4-14H,1,15-18H2,2-3H3. The van der Waals surface area contributed by atoms with Crippen LogP contribution in [0.1, 0.15) is 25.7 Å². The maximum absolute atomic E-state index is 13.4. The van der Waals surface area contributed by atoms with E-state index in [1.54, 1.807) is 65.8 Å². The summed E-state index contributed by atoms with van der Waals surface area (Å²) < 4.78 is 18.5. The Labute approximate surface area is 197 Å². The van der Waals surface area contributed by atoms with E-state index in [4.69, 9.17) is 4.74 Å². The van der Waals surface area contributed by atoms with E-state index in [1.807, 2.05) is 19.1 Å². The number of halogens is 1. The number of nitrogens with zero attached hydrogens (tertiary/aromatic N) is 2. The van der Waals surface area contributed by atoms with Crippen molar-refractivity contribution >= 4 is 23.2 Å². The average Bonchev–Trinajstić information content (AvgIpc) is 3.23. The molecular formula is C26H27FN2O3S. The first-order chi connectivity index (χ1) is 15.9. The van der Waals surface area contributed by atoms with Crippen molar-refractivity contribution in [2.24, 2.45) is 0 Å². The summed E-state index contributed by atoms with van der Waals surface area (Å²) in [7, 11) is 1.56. The molecule has 2 amide bonds. The normalized spacial score (nSPS) is 10.5. The summed E-state index contributed by atoms with van der Waals surface area (Å²) in [5.41, 5.74) is 1.28. The summed E-state index contributed by atoms with van der Waals surface area (Å²) in [6.07, 6.45) is 1.60. The van der Waals surface area contributed by atoms with Gasteiger partial charge in [0, 0.05) is 28.4 Å². The van der Waals surface area contributed by atoms with Gasteiger partial charge in [0.05, 0.1) is 13.7 Å². The lowest BCUT2D eigenvalue weighted by molar-refractivity contribution is -0.133. The Kier molecular flexibility index (Phi) is 8.38. The van der Waals surface area contributed by atoms with Gasteiger partial charge in [-0.25, -0.2) is 4.39 Å². The zero-order valence-electron chi connectivity index (χ0n) is 18.8. The van der Waals surface area contributed by atoms with Gasteiger partial charge in [0.2, 0.25) is 5.91 Å². The molecule has 3 rings (SSSR count). The molecule has 172 valence electrons. The fourth-order valence-electron chi connectivity index (χ4n) is 3.36. The number of hydrogen-bond acceptors (Lipinski definition) is 4. The number of rotatable bonds is 10. The molecule has 0 aliphatic carbocycles. The van der Waals surface area contributed by atoms with Crippen molar-refractivity contribution in [3.63, 3.8) is 0 Å². The second-order valence-electron chi connectivity index (χ2n) is 7.59. The quantitative estimate of drug-likeness (QED) is 0.393. The number of hydrogen-bond donors (Lipinski definition) is 0. The van der Waals surface area contributed by atoms with E-state index in [0.717, 1.165) is 15.3 Å². The highest BCUT2D eigenvalue weighted by molar-refractivity contribution is 7.11. The maximum Gasteiger partial charge on any atom is 0.254 e. The number of methoxy groups -OCH3 is 1. The van der Waals surface area contributed by atoms with Crippen LogP contribution in [-0.2, 0) is 17.9 Å². The van der Waals surface area contributed by atoms with E-state index in [0.29, 0.717) is 24.4 Å². The van der Waals surface area contributed by atoms with Crippen LogP contribution in [0.5, 0.6) is 5.75 Å². The molecule has 0 N–H and O–H groups in total. The highest BCUT2D eigenvalue weighted by Crippen LogP contribution is 2.20. The van der Waals surface area contributed by atoms with Crippen molar-refractivity contribution in [2.75, 3.05) is 20.2 Å². The fourth-order valence-corrected chi connectivity index (χ4v) is 4.26. The van der Waals surface area contributed by atoms with E-state index in [2.05, 4.69) is 6.58 Å².